The van der Waals surface area contributed by atoms with Gasteiger partial charge < -0.3 is 10.2 Å². The SMILES string of the molecule is [2H]C([2H])([2H])n1ccc(C2CCN(c3nc4c([C@@H](C)Nc5ccc(Cl)nc5C(=O)NS(C)(=O)=O)cc(C)cc4c(=O)n3C)CC2)n1. The summed E-state index contributed by atoms with van der Waals surface area (Å²) in [4.78, 5) is 37.4. The third kappa shape index (κ3) is 6.12. The first-order valence-corrected chi connectivity index (χ1v) is 15.6. The molecule has 1 fully saturated rings. The molecule has 1 aliphatic heterocycles. The van der Waals surface area contributed by atoms with Crippen molar-refractivity contribution in [2.75, 3.05) is 29.6 Å². The number of sulfonamides is 1. The average molecular weight is 616 g/mol. The van der Waals surface area contributed by atoms with Gasteiger partial charge in [-0.25, -0.2) is 23.1 Å². The fraction of sp³-hybridized carbons (Fsp3) is 0.393. The third-order valence-corrected chi connectivity index (χ3v) is 8.10. The minimum atomic E-state index is -3.85. The van der Waals surface area contributed by atoms with Crippen LogP contribution in [0, 0.1) is 6.92 Å². The van der Waals surface area contributed by atoms with Gasteiger partial charge in [-0.15, -0.1) is 0 Å². The number of benzene rings is 1. The van der Waals surface area contributed by atoms with Crippen molar-refractivity contribution < 1.29 is 17.3 Å². The van der Waals surface area contributed by atoms with Crippen molar-refractivity contribution >= 4 is 50.1 Å². The van der Waals surface area contributed by atoms with Crippen LogP contribution in [0.4, 0.5) is 11.6 Å². The molecule has 42 heavy (non-hydrogen) atoms. The molecule has 0 saturated carbocycles. The van der Waals surface area contributed by atoms with E-state index in [1.54, 1.807) is 19.2 Å². The van der Waals surface area contributed by atoms with Crippen LogP contribution in [0.3, 0.4) is 0 Å². The Morgan fingerprint density at radius 2 is 1.93 bits per heavy atom. The van der Waals surface area contributed by atoms with Crippen LogP contribution in [0.2, 0.25) is 5.15 Å². The van der Waals surface area contributed by atoms with E-state index in [0.717, 1.165) is 22.2 Å². The Morgan fingerprint density at radius 1 is 1.19 bits per heavy atom. The predicted octanol–water partition coefficient (Wildman–Crippen LogP) is 3.27. The van der Waals surface area contributed by atoms with Crippen LogP contribution in [-0.2, 0) is 24.0 Å². The molecule has 4 aromatic rings. The summed E-state index contributed by atoms with van der Waals surface area (Å²) < 4.78 is 50.6. The minimum absolute atomic E-state index is 0.0112. The fourth-order valence-electron chi connectivity index (χ4n) is 5.34. The van der Waals surface area contributed by atoms with Gasteiger partial charge in [-0.1, -0.05) is 17.7 Å². The van der Waals surface area contributed by atoms with Gasteiger partial charge in [0.1, 0.15) is 5.15 Å². The molecule has 0 aliphatic carbocycles. The van der Waals surface area contributed by atoms with Gasteiger partial charge in [0.15, 0.2) is 5.69 Å². The van der Waals surface area contributed by atoms with Crippen molar-refractivity contribution in [3.63, 3.8) is 0 Å². The number of hydrogen-bond donors (Lipinski definition) is 2. The number of nitrogens with one attached hydrogen (secondary N) is 2. The first-order chi connectivity index (χ1) is 21.0. The number of halogens is 1. The molecule has 1 saturated heterocycles. The van der Waals surface area contributed by atoms with E-state index < -0.39 is 28.9 Å². The highest BCUT2D eigenvalue weighted by Crippen LogP contribution is 2.32. The van der Waals surface area contributed by atoms with Crippen molar-refractivity contribution in [1.29, 1.82) is 0 Å². The summed E-state index contributed by atoms with van der Waals surface area (Å²) in [5.74, 6) is -0.365. The van der Waals surface area contributed by atoms with E-state index in [0.29, 0.717) is 48.3 Å². The van der Waals surface area contributed by atoms with Crippen LogP contribution >= 0.6 is 11.6 Å². The van der Waals surface area contributed by atoms with E-state index in [1.807, 2.05) is 29.5 Å². The molecule has 0 spiro atoms. The number of fused-ring (bicyclic) bond motifs is 1. The standard InChI is InChI=1S/C28H33ClN8O4S/c1-16-14-19(17(2)30-22-6-7-23(29)31-25(22)26(38)34-42(5,40)41)24-20(15-16)27(39)36(4)28(32-24)37-12-8-18(9-13-37)21-10-11-35(3)33-21/h6-7,10-11,14-15,17-18,30H,8-9,12-13H2,1-5H3,(H,34,38)/t17-/m1/s1/i3D3. The molecule has 1 aromatic carbocycles. The van der Waals surface area contributed by atoms with Gasteiger partial charge >= 0.3 is 0 Å². The number of carbonyl (C=O) groups is 1. The van der Waals surface area contributed by atoms with Gasteiger partial charge in [0.2, 0.25) is 16.0 Å². The van der Waals surface area contributed by atoms with Crippen LogP contribution in [-0.4, -0.2) is 58.0 Å². The first-order valence-electron chi connectivity index (χ1n) is 14.8. The van der Waals surface area contributed by atoms with Gasteiger partial charge in [-0.05, 0) is 56.5 Å². The molecule has 1 atom stereocenters. The normalized spacial score (nSPS) is 16.5. The molecule has 0 radical (unpaired) electrons. The Labute approximate surface area is 253 Å². The van der Waals surface area contributed by atoms with Crippen molar-refractivity contribution in [3.8, 4) is 0 Å². The summed E-state index contributed by atoms with van der Waals surface area (Å²) in [6, 6.07) is 7.95. The van der Waals surface area contributed by atoms with Gasteiger partial charge in [-0.2, -0.15) is 5.10 Å². The van der Waals surface area contributed by atoms with Gasteiger partial charge in [0.25, 0.3) is 11.5 Å². The number of aromatic nitrogens is 5. The van der Waals surface area contributed by atoms with Crippen LogP contribution in [0.25, 0.3) is 10.9 Å². The summed E-state index contributed by atoms with van der Waals surface area (Å²) in [7, 11) is -2.17. The summed E-state index contributed by atoms with van der Waals surface area (Å²) in [6.07, 6.45) is 3.74. The molecule has 1 amide bonds. The number of piperidine rings is 1. The van der Waals surface area contributed by atoms with E-state index in [1.165, 1.54) is 22.9 Å². The molecule has 4 heterocycles. The number of aryl methyl sites for hydroxylation is 2. The predicted molar refractivity (Wildman–Crippen MR) is 163 cm³/mol. The highest BCUT2D eigenvalue weighted by atomic mass is 35.5. The van der Waals surface area contributed by atoms with Crippen molar-refractivity contribution in [2.45, 2.75) is 38.6 Å². The van der Waals surface area contributed by atoms with E-state index >= 15 is 0 Å². The van der Waals surface area contributed by atoms with E-state index in [4.69, 9.17) is 20.7 Å². The van der Waals surface area contributed by atoms with Gasteiger partial charge in [-0.3, -0.25) is 18.8 Å². The van der Waals surface area contributed by atoms with E-state index in [9.17, 15) is 18.0 Å². The van der Waals surface area contributed by atoms with Crippen molar-refractivity contribution in [3.05, 3.63) is 74.6 Å². The molecule has 2 N–H and O–H groups in total. The average Bonchev–Trinajstić information content (AvgIpc) is 3.46. The monoisotopic (exact) mass is 615 g/mol. The van der Waals surface area contributed by atoms with E-state index in [2.05, 4.69) is 15.4 Å². The second-order valence-corrected chi connectivity index (χ2v) is 12.7. The molecular formula is C28H33ClN8O4S. The Morgan fingerprint density at radius 3 is 2.60 bits per heavy atom. The lowest BCUT2D eigenvalue weighted by molar-refractivity contribution is 0.0977. The number of carbonyl (C=O) groups excluding carboxylic acids is 1. The Bertz CT molecular complexity index is 1950. The van der Waals surface area contributed by atoms with Crippen molar-refractivity contribution in [1.82, 2.24) is 29.0 Å². The zero-order valence-corrected chi connectivity index (χ0v) is 25.1. The van der Waals surface area contributed by atoms with Crippen LogP contribution in [0.5, 0.6) is 0 Å². The number of amides is 1. The molecule has 3 aromatic heterocycles. The summed E-state index contributed by atoms with van der Waals surface area (Å²) in [5.41, 5.74) is 2.57. The lowest BCUT2D eigenvalue weighted by Gasteiger charge is -2.33. The second kappa shape index (κ2) is 11.4. The Kier molecular flexibility index (Phi) is 6.96. The molecule has 14 heteroatoms. The molecule has 1 aliphatic rings. The maximum atomic E-state index is 13.6. The Balaban J connectivity index is 1.46. The lowest BCUT2D eigenvalue weighted by Crippen LogP contribution is -2.38. The quantitative estimate of drug-likeness (QED) is 0.299. The summed E-state index contributed by atoms with van der Waals surface area (Å²) >= 11 is 6.02. The van der Waals surface area contributed by atoms with Crippen molar-refractivity contribution in [2.24, 2.45) is 14.0 Å². The van der Waals surface area contributed by atoms with E-state index in [-0.39, 0.29) is 28.0 Å². The number of rotatable bonds is 7. The number of pyridine rings is 1. The van der Waals surface area contributed by atoms with Crippen LogP contribution in [0.1, 0.15) is 63.1 Å². The topological polar surface area (TPSA) is 144 Å². The molecule has 0 bridgehead atoms. The van der Waals surface area contributed by atoms with Gasteiger partial charge in [0, 0.05) is 48.9 Å². The second-order valence-electron chi connectivity index (χ2n) is 10.6. The molecule has 222 valence electrons. The zero-order chi connectivity index (χ0) is 32.8. The summed E-state index contributed by atoms with van der Waals surface area (Å²) in [5, 5.41) is 7.94. The summed E-state index contributed by atoms with van der Waals surface area (Å²) in [6.45, 7) is 2.55. The van der Waals surface area contributed by atoms with Crippen LogP contribution in [0.15, 0.2) is 41.3 Å². The maximum absolute atomic E-state index is 13.6. The number of anilines is 2. The largest absolute Gasteiger partial charge is 0.377 e. The smallest absolute Gasteiger partial charge is 0.285 e. The highest BCUT2D eigenvalue weighted by molar-refractivity contribution is 7.89. The molecule has 12 nitrogen and oxygen atoms in total. The minimum Gasteiger partial charge on any atom is -0.377 e. The molecule has 5 rings (SSSR count). The van der Waals surface area contributed by atoms with Crippen LogP contribution < -0.4 is 20.5 Å². The zero-order valence-electron chi connectivity index (χ0n) is 26.5. The number of hydrogen-bond acceptors (Lipinski definition) is 9. The fourth-order valence-corrected chi connectivity index (χ4v) is 5.92. The first kappa shape index (κ1) is 25.7. The van der Waals surface area contributed by atoms with Gasteiger partial charge in [0.05, 0.1) is 34.6 Å². The number of nitrogens with zero attached hydrogens (tertiary/aromatic N) is 6. The third-order valence-electron chi connectivity index (χ3n) is 7.33. The molecule has 0 unspecified atom stereocenters. The lowest BCUT2D eigenvalue weighted by atomic mass is 9.94. The molecular weight excluding hydrogens is 580 g/mol. The maximum Gasteiger partial charge on any atom is 0.285 e. The Hall–Kier alpha value is -3.97. The highest BCUT2D eigenvalue weighted by Gasteiger charge is 2.26.